The fourth-order valence-electron chi connectivity index (χ4n) is 4.83. The Morgan fingerprint density at radius 2 is 1.82 bits per heavy atom. The number of anilines is 1. The standard InChI is InChI=1S/C30H24FN5O3/c1-3-38-21-13-11-18(12-14-21)26-25-29(32)33-16-34-30(25)36(35-26)17(2)28-24(19-7-6-8-20(31)15-19)27(37)22-9-4-5-10-23(22)39-28/h4-17H,3H2,1-2H3,(H2,32,33,34). The van der Waals surface area contributed by atoms with Crippen LogP contribution in [-0.4, -0.2) is 26.4 Å². The van der Waals surface area contributed by atoms with Crippen molar-refractivity contribution >= 4 is 27.8 Å². The van der Waals surface area contributed by atoms with Crippen molar-refractivity contribution in [3.05, 3.63) is 101 Å². The Morgan fingerprint density at radius 3 is 2.59 bits per heavy atom. The van der Waals surface area contributed by atoms with Crippen LogP contribution in [0.2, 0.25) is 0 Å². The summed E-state index contributed by atoms with van der Waals surface area (Å²) in [6.07, 6.45) is 1.37. The van der Waals surface area contributed by atoms with Gasteiger partial charge in [0.2, 0.25) is 5.43 Å². The van der Waals surface area contributed by atoms with E-state index in [1.54, 1.807) is 41.1 Å². The monoisotopic (exact) mass is 521 g/mol. The molecular weight excluding hydrogens is 497 g/mol. The van der Waals surface area contributed by atoms with Crippen LogP contribution in [0.3, 0.4) is 0 Å². The summed E-state index contributed by atoms with van der Waals surface area (Å²) in [6, 6.07) is 19.8. The topological polar surface area (TPSA) is 109 Å². The van der Waals surface area contributed by atoms with Gasteiger partial charge >= 0.3 is 0 Å². The molecule has 6 aromatic rings. The molecule has 8 nitrogen and oxygen atoms in total. The van der Waals surface area contributed by atoms with E-state index in [2.05, 4.69) is 9.97 Å². The van der Waals surface area contributed by atoms with Gasteiger partial charge in [-0.3, -0.25) is 4.79 Å². The first-order valence-electron chi connectivity index (χ1n) is 12.5. The second-order valence-electron chi connectivity index (χ2n) is 9.06. The van der Waals surface area contributed by atoms with Crippen LogP contribution in [0.1, 0.15) is 25.6 Å². The maximum absolute atomic E-state index is 14.3. The summed E-state index contributed by atoms with van der Waals surface area (Å²) in [4.78, 5) is 22.4. The van der Waals surface area contributed by atoms with E-state index in [0.29, 0.717) is 45.6 Å². The SMILES string of the molecule is CCOc1ccc(-c2nn(C(C)c3oc4ccccc4c(=O)c3-c3cccc(F)c3)c3ncnc(N)c23)cc1. The highest BCUT2D eigenvalue weighted by atomic mass is 19.1. The predicted octanol–water partition coefficient (Wildman–Crippen LogP) is 6.00. The van der Waals surface area contributed by atoms with Crippen LogP contribution in [0.25, 0.3) is 44.4 Å². The number of ether oxygens (including phenoxy) is 1. The zero-order chi connectivity index (χ0) is 27.1. The zero-order valence-corrected chi connectivity index (χ0v) is 21.3. The molecule has 0 saturated carbocycles. The Kier molecular flexibility index (Phi) is 6.03. The molecule has 39 heavy (non-hydrogen) atoms. The Balaban J connectivity index is 1.59. The number of para-hydroxylation sites is 1. The molecule has 0 aliphatic carbocycles. The number of fused-ring (bicyclic) bond motifs is 2. The quantitative estimate of drug-likeness (QED) is 0.286. The van der Waals surface area contributed by atoms with E-state index >= 15 is 0 Å². The lowest BCUT2D eigenvalue weighted by atomic mass is 9.99. The second-order valence-corrected chi connectivity index (χ2v) is 9.06. The fraction of sp³-hybridized carbons (Fsp3) is 0.133. The number of aromatic nitrogens is 4. The van der Waals surface area contributed by atoms with Crippen molar-refractivity contribution in [2.45, 2.75) is 19.9 Å². The van der Waals surface area contributed by atoms with Crippen LogP contribution < -0.4 is 15.9 Å². The van der Waals surface area contributed by atoms with Crippen molar-refractivity contribution in [3.63, 3.8) is 0 Å². The van der Waals surface area contributed by atoms with Crippen LogP contribution in [0.5, 0.6) is 5.75 Å². The molecule has 0 radical (unpaired) electrons. The van der Waals surface area contributed by atoms with Crippen LogP contribution in [0, 0.1) is 5.82 Å². The maximum Gasteiger partial charge on any atom is 0.200 e. The van der Waals surface area contributed by atoms with Gasteiger partial charge in [0.05, 0.1) is 22.9 Å². The number of nitrogen functional groups attached to an aromatic ring is 1. The van der Waals surface area contributed by atoms with E-state index in [0.717, 1.165) is 11.3 Å². The van der Waals surface area contributed by atoms with Gasteiger partial charge in [-0.25, -0.2) is 19.0 Å². The van der Waals surface area contributed by atoms with E-state index in [1.165, 1.54) is 18.5 Å². The van der Waals surface area contributed by atoms with Gasteiger partial charge in [-0.15, -0.1) is 0 Å². The fourth-order valence-corrected chi connectivity index (χ4v) is 4.83. The average molecular weight is 522 g/mol. The lowest BCUT2D eigenvalue weighted by Crippen LogP contribution is -2.16. The van der Waals surface area contributed by atoms with Crippen LogP contribution in [-0.2, 0) is 0 Å². The molecule has 6 rings (SSSR count). The first-order valence-corrected chi connectivity index (χ1v) is 12.5. The number of rotatable bonds is 6. The van der Waals surface area contributed by atoms with E-state index < -0.39 is 11.9 Å². The number of nitrogens with zero attached hydrogens (tertiary/aromatic N) is 4. The zero-order valence-electron chi connectivity index (χ0n) is 21.3. The van der Waals surface area contributed by atoms with E-state index in [4.69, 9.17) is 20.0 Å². The number of halogens is 1. The molecule has 0 spiro atoms. The van der Waals surface area contributed by atoms with Crippen LogP contribution >= 0.6 is 0 Å². The smallest absolute Gasteiger partial charge is 0.200 e. The van der Waals surface area contributed by atoms with Crippen molar-refractivity contribution in [1.29, 1.82) is 0 Å². The molecule has 3 aromatic heterocycles. The first-order chi connectivity index (χ1) is 19.0. The molecule has 194 valence electrons. The maximum atomic E-state index is 14.3. The number of benzene rings is 3. The Hall–Kier alpha value is -5.05. The van der Waals surface area contributed by atoms with Gasteiger partial charge in [-0.05, 0) is 67.9 Å². The van der Waals surface area contributed by atoms with Crippen LogP contribution in [0.4, 0.5) is 10.2 Å². The molecule has 1 atom stereocenters. The number of hydrogen-bond acceptors (Lipinski definition) is 7. The summed E-state index contributed by atoms with van der Waals surface area (Å²) in [5.41, 5.74) is 8.98. The lowest BCUT2D eigenvalue weighted by molar-refractivity contribution is 0.340. The van der Waals surface area contributed by atoms with Gasteiger partial charge < -0.3 is 14.9 Å². The highest BCUT2D eigenvalue weighted by Crippen LogP contribution is 2.36. The molecule has 2 N–H and O–H groups in total. The van der Waals surface area contributed by atoms with Crippen molar-refractivity contribution in [3.8, 4) is 28.1 Å². The van der Waals surface area contributed by atoms with Crippen molar-refractivity contribution < 1.29 is 13.5 Å². The summed E-state index contributed by atoms with van der Waals surface area (Å²) in [6.45, 7) is 4.33. The van der Waals surface area contributed by atoms with Gasteiger partial charge in [0, 0.05) is 5.56 Å². The minimum absolute atomic E-state index is 0.258. The Morgan fingerprint density at radius 1 is 1.03 bits per heavy atom. The van der Waals surface area contributed by atoms with Crippen molar-refractivity contribution in [1.82, 2.24) is 19.7 Å². The summed E-state index contributed by atoms with van der Waals surface area (Å²) >= 11 is 0. The van der Waals surface area contributed by atoms with Gasteiger partial charge in [-0.1, -0.05) is 24.3 Å². The third-order valence-electron chi connectivity index (χ3n) is 6.64. The summed E-state index contributed by atoms with van der Waals surface area (Å²) in [5.74, 6) is 0.874. The second kappa shape index (κ2) is 9.68. The molecule has 1 unspecified atom stereocenters. The van der Waals surface area contributed by atoms with Gasteiger partial charge in [0.1, 0.15) is 46.8 Å². The van der Waals surface area contributed by atoms with E-state index in [9.17, 15) is 9.18 Å². The van der Waals surface area contributed by atoms with Gasteiger partial charge in [-0.2, -0.15) is 5.10 Å². The molecular formula is C30H24FN5O3. The summed E-state index contributed by atoms with van der Waals surface area (Å²) in [7, 11) is 0. The highest BCUT2D eigenvalue weighted by molar-refractivity contribution is 5.98. The first kappa shape index (κ1) is 24.3. The van der Waals surface area contributed by atoms with Crippen molar-refractivity contribution in [2.75, 3.05) is 12.3 Å². The lowest BCUT2D eigenvalue weighted by Gasteiger charge is -2.17. The highest BCUT2D eigenvalue weighted by Gasteiger charge is 2.27. The average Bonchev–Trinajstić information content (AvgIpc) is 3.34. The molecule has 3 heterocycles. The third kappa shape index (κ3) is 4.17. The Labute approximate surface area is 222 Å². The Bertz CT molecular complexity index is 1900. The molecule has 0 bridgehead atoms. The largest absolute Gasteiger partial charge is 0.494 e. The summed E-state index contributed by atoms with van der Waals surface area (Å²) in [5, 5.41) is 5.87. The van der Waals surface area contributed by atoms with Crippen molar-refractivity contribution in [2.24, 2.45) is 0 Å². The van der Waals surface area contributed by atoms with E-state index in [1.807, 2.05) is 38.1 Å². The number of hydrogen-bond donors (Lipinski definition) is 1. The van der Waals surface area contributed by atoms with Gasteiger partial charge in [0.15, 0.2) is 5.65 Å². The molecule has 0 fully saturated rings. The molecule has 3 aromatic carbocycles. The molecule has 0 saturated heterocycles. The molecule has 9 heteroatoms. The van der Waals surface area contributed by atoms with E-state index in [-0.39, 0.29) is 16.8 Å². The predicted molar refractivity (Wildman–Crippen MR) is 148 cm³/mol. The molecule has 0 amide bonds. The number of nitrogens with two attached hydrogens (primary N) is 1. The normalized spacial score (nSPS) is 12.2. The third-order valence-corrected chi connectivity index (χ3v) is 6.64. The minimum atomic E-state index is -0.617. The minimum Gasteiger partial charge on any atom is -0.494 e. The molecule has 0 aliphatic rings. The van der Waals surface area contributed by atoms with Gasteiger partial charge in [0.25, 0.3) is 0 Å². The molecule has 0 aliphatic heterocycles. The van der Waals surface area contributed by atoms with Crippen LogP contribution in [0.15, 0.2) is 88.3 Å². The summed E-state index contributed by atoms with van der Waals surface area (Å²) < 4.78 is 27.9.